The van der Waals surface area contributed by atoms with E-state index in [9.17, 15) is 0 Å². The fraction of sp³-hybridized carbons (Fsp3) is 0.226. The average Bonchev–Trinajstić information content (AvgIpc) is 2.94. The van der Waals surface area contributed by atoms with Crippen LogP contribution in [0.4, 0.5) is 5.82 Å². The highest BCUT2D eigenvalue weighted by atomic mass is 16.5. The third kappa shape index (κ3) is 4.62. The Hall–Kier alpha value is -3.96. The lowest BCUT2D eigenvalue weighted by molar-refractivity contribution is 0.211. The van der Waals surface area contributed by atoms with Gasteiger partial charge in [0.05, 0.1) is 7.11 Å². The molecule has 5 nitrogen and oxygen atoms in total. The quantitative estimate of drug-likeness (QED) is 0.303. The first-order valence-corrected chi connectivity index (χ1v) is 12.6. The summed E-state index contributed by atoms with van der Waals surface area (Å²) >= 11 is 0. The van der Waals surface area contributed by atoms with Gasteiger partial charge in [-0.25, -0.2) is 0 Å². The highest BCUT2D eigenvalue weighted by Gasteiger charge is 2.21. The van der Waals surface area contributed by atoms with Crippen LogP contribution in [-0.4, -0.2) is 41.3 Å². The van der Waals surface area contributed by atoms with E-state index in [-0.39, 0.29) is 0 Å². The van der Waals surface area contributed by atoms with Gasteiger partial charge in [0, 0.05) is 42.0 Å². The second-order valence-corrected chi connectivity index (χ2v) is 9.55. The van der Waals surface area contributed by atoms with Gasteiger partial charge in [-0.2, -0.15) is 0 Å². The van der Waals surface area contributed by atoms with Crippen molar-refractivity contribution >= 4 is 27.4 Å². The third-order valence-electron chi connectivity index (χ3n) is 7.18. The summed E-state index contributed by atoms with van der Waals surface area (Å²) in [5, 5.41) is 17.7. The molecule has 1 aliphatic rings. The Kier molecular flexibility index (Phi) is 6.22. The SMILES string of the molecule is COc1ccc2c(NC3CCN(Cc4ccc5ccccc5c4)CC3)nnc(-c3ccccc3)c2c1. The van der Waals surface area contributed by atoms with Crippen LogP contribution in [0.2, 0.25) is 0 Å². The first-order chi connectivity index (χ1) is 17.8. The van der Waals surface area contributed by atoms with E-state index in [1.165, 1.54) is 16.3 Å². The molecule has 36 heavy (non-hydrogen) atoms. The monoisotopic (exact) mass is 474 g/mol. The molecule has 5 heteroatoms. The number of benzene rings is 4. The molecule has 1 fully saturated rings. The summed E-state index contributed by atoms with van der Waals surface area (Å²) in [6.07, 6.45) is 2.15. The smallest absolute Gasteiger partial charge is 0.156 e. The molecule has 0 aliphatic carbocycles. The molecule has 0 saturated carbocycles. The molecular formula is C31H30N4O. The number of hydrogen-bond acceptors (Lipinski definition) is 5. The predicted molar refractivity (Wildman–Crippen MR) is 147 cm³/mol. The lowest BCUT2D eigenvalue weighted by Gasteiger charge is -2.32. The summed E-state index contributed by atoms with van der Waals surface area (Å²) in [5.41, 5.74) is 3.31. The Balaban J connectivity index is 1.17. The van der Waals surface area contributed by atoms with Gasteiger partial charge in [0.25, 0.3) is 0 Å². The normalized spacial score (nSPS) is 14.8. The van der Waals surface area contributed by atoms with Gasteiger partial charge in [-0.3, -0.25) is 4.90 Å². The zero-order valence-corrected chi connectivity index (χ0v) is 20.5. The van der Waals surface area contributed by atoms with Crippen molar-refractivity contribution in [3.05, 3.63) is 96.6 Å². The number of methoxy groups -OCH3 is 1. The summed E-state index contributed by atoms with van der Waals surface area (Å²) in [7, 11) is 1.70. The molecule has 5 aromatic rings. The van der Waals surface area contributed by atoms with E-state index >= 15 is 0 Å². The minimum absolute atomic E-state index is 0.375. The molecule has 0 unspecified atom stereocenters. The third-order valence-corrected chi connectivity index (χ3v) is 7.18. The highest BCUT2D eigenvalue weighted by Crippen LogP contribution is 2.33. The van der Waals surface area contributed by atoms with E-state index in [0.717, 1.165) is 66.1 Å². The Bertz CT molecular complexity index is 1490. The molecule has 0 radical (unpaired) electrons. The Morgan fingerprint density at radius 2 is 1.58 bits per heavy atom. The van der Waals surface area contributed by atoms with Crippen molar-refractivity contribution in [3.8, 4) is 17.0 Å². The van der Waals surface area contributed by atoms with Crippen LogP contribution in [0.3, 0.4) is 0 Å². The molecule has 180 valence electrons. The molecule has 1 saturated heterocycles. The van der Waals surface area contributed by atoms with E-state index in [1.807, 2.05) is 24.3 Å². The highest BCUT2D eigenvalue weighted by molar-refractivity contribution is 6.00. The minimum Gasteiger partial charge on any atom is -0.497 e. The molecule has 0 spiro atoms. The first-order valence-electron chi connectivity index (χ1n) is 12.6. The Labute approximate surface area is 211 Å². The molecule has 0 amide bonds. The number of aromatic nitrogens is 2. The molecule has 1 aliphatic heterocycles. The second-order valence-electron chi connectivity index (χ2n) is 9.55. The molecule has 1 aromatic heterocycles. The van der Waals surface area contributed by atoms with E-state index in [2.05, 4.69) is 87.1 Å². The summed E-state index contributed by atoms with van der Waals surface area (Å²) in [4.78, 5) is 2.55. The standard InChI is InChI=1S/C31H30N4O/c1-36-27-13-14-28-29(20-27)30(24-8-3-2-4-9-24)33-34-31(28)32-26-15-17-35(18-16-26)21-22-11-12-23-7-5-6-10-25(23)19-22/h2-14,19-20,26H,15-18,21H2,1H3,(H,32,34). The largest absolute Gasteiger partial charge is 0.497 e. The number of anilines is 1. The zero-order chi connectivity index (χ0) is 24.3. The summed E-state index contributed by atoms with van der Waals surface area (Å²) in [6, 6.07) is 32.1. The van der Waals surface area contributed by atoms with Crippen LogP contribution >= 0.6 is 0 Å². The minimum atomic E-state index is 0.375. The maximum Gasteiger partial charge on any atom is 0.156 e. The van der Waals surface area contributed by atoms with Gasteiger partial charge in [0.1, 0.15) is 11.4 Å². The summed E-state index contributed by atoms with van der Waals surface area (Å²) in [6.45, 7) is 3.11. The van der Waals surface area contributed by atoms with Crippen LogP contribution < -0.4 is 10.1 Å². The van der Waals surface area contributed by atoms with Crippen molar-refractivity contribution in [1.29, 1.82) is 0 Å². The van der Waals surface area contributed by atoms with Crippen LogP contribution in [0.1, 0.15) is 18.4 Å². The number of hydrogen-bond donors (Lipinski definition) is 1. The van der Waals surface area contributed by atoms with Crippen LogP contribution in [0.5, 0.6) is 5.75 Å². The fourth-order valence-electron chi connectivity index (χ4n) is 5.20. The Morgan fingerprint density at radius 3 is 2.39 bits per heavy atom. The van der Waals surface area contributed by atoms with Crippen molar-refractivity contribution in [2.45, 2.75) is 25.4 Å². The topological polar surface area (TPSA) is 50.3 Å². The number of nitrogens with one attached hydrogen (secondary N) is 1. The molecule has 0 bridgehead atoms. The van der Waals surface area contributed by atoms with E-state index < -0.39 is 0 Å². The van der Waals surface area contributed by atoms with Gasteiger partial charge < -0.3 is 10.1 Å². The number of likely N-dealkylation sites (tertiary alicyclic amines) is 1. The van der Waals surface area contributed by atoms with Crippen molar-refractivity contribution in [2.75, 3.05) is 25.5 Å². The van der Waals surface area contributed by atoms with Gasteiger partial charge in [0.2, 0.25) is 0 Å². The van der Waals surface area contributed by atoms with Gasteiger partial charge in [0.15, 0.2) is 5.82 Å². The number of ether oxygens (including phenoxy) is 1. The number of rotatable bonds is 6. The summed E-state index contributed by atoms with van der Waals surface area (Å²) < 4.78 is 5.51. The van der Waals surface area contributed by atoms with Crippen LogP contribution in [0.25, 0.3) is 32.8 Å². The number of piperidine rings is 1. The maximum absolute atomic E-state index is 5.51. The lowest BCUT2D eigenvalue weighted by Crippen LogP contribution is -2.38. The van der Waals surface area contributed by atoms with Gasteiger partial charge in [-0.05, 0) is 53.4 Å². The molecule has 4 aromatic carbocycles. The van der Waals surface area contributed by atoms with Crippen LogP contribution in [0, 0.1) is 0 Å². The van der Waals surface area contributed by atoms with Crippen molar-refractivity contribution < 1.29 is 4.74 Å². The average molecular weight is 475 g/mol. The van der Waals surface area contributed by atoms with E-state index in [1.54, 1.807) is 7.11 Å². The Morgan fingerprint density at radius 1 is 0.806 bits per heavy atom. The number of fused-ring (bicyclic) bond motifs is 2. The van der Waals surface area contributed by atoms with Gasteiger partial charge >= 0.3 is 0 Å². The van der Waals surface area contributed by atoms with Gasteiger partial charge in [-0.15, -0.1) is 10.2 Å². The zero-order valence-electron chi connectivity index (χ0n) is 20.5. The molecule has 0 atom stereocenters. The summed E-state index contributed by atoms with van der Waals surface area (Å²) in [5.74, 6) is 1.67. The molecular weight excluding hydrogens is 444 g/mol. The van der Waals surface area contributed by atoms with E-state index in [4.69, 9.17) is 4.74 Å². The lowest BCUT2D eigenvalue weighted by atomic mass is 10.0. The van der Waals surface area contributed by atoms with Crippen molar-refractivity contribution in [3.63, 3.8) is 0 Å². The van der Waals surface area contributed by atoms with Crippen molar-refractivity contribution in [1.82, 2.24) is 15.1 Å². The second kappa shape index (κ2) is 9.96. The van der Waals surface area contributed by atoms with Gasteiger partial charge in [-0.1, -0.05) is 66.7 Å². The van der Waals surface area contributed by atoms with Crippen LogP contribution in [-0.2, 0) is 6.54 Å². The molecule has 2 heterocycles. The molecule has 1 N–H and O–H groups in total. The number of nitrogens with zero attached hydrogens (tertiary/aromatic N) is 3. The predicted octanol–water partition coefficient (Wildman–Crippen LogP) is 6.54. The molecule has 6 rings (SSSR count). The fourth-order valence-corrected chi connectivity index (χ4v) is 5.20. The van der Waals surface area contributed by atoms with E-state index in [0.29, 0.717) is 6.04 Å². The van der Waals surface area contributed by atoms with Crippen molar-refractivity contribution in [2.24, 2.45) is 0 Å². The maximum atomic E-state index is 5.51. The van der Waals surface area contributed by atoms with Crippen LogP contribution in [0.15, 0.2) is 91.0 Å². The first kappa shape index (κ1) is 22.5.